The summed E-state index contributed by atoms with van der Waals surface area (Å²) in [5, 5.41) is 3.48. The summed E-state index contributed by atoms with van der Waals surface area (Å²) in [7, 11) is 0. The van der Waals surface area contributed by atoms with Crippen LogP contribution in [0.3, 0.4) is 0 Å². The molecule has 1 amide bonds. The van der Waals surface area contributed by atoms with Crippen molar-refractivity contribution in [3.05, 3.63) is 53.6 Å². The third-order valence-electron chi connectivity index (χ3n) is 4.27. The number of ether oxygens (including phenoxy) is 1. The minimum atomic E-state index is -0.178. The van der Waals surface area contributed by atoms with Gasteiger partial charge in [-0.3, -0.25) is 4.79 Å². The molecule has 2 aromatic carbocycles. The monoisotopic (exact) mass is 324 g/mol. The number of hydrogen-bond acceptors (Lipinski definition) is 3. The van der Waals surface area contributed by atoms with Gasteiger partial charge in [-0.15, -0.1) is 0 Å². The van der Waals surface area contributed by atoms with Crippen LogP contribution in [0.15, 0.2) is 42.5 Å². The third kappa shape index (κ3) is 3.23. The van der Waals surface area contributed by atoms with Gasteiger partial charge in [-0.1, -0.05) is 30.3 Å². The lowest BCUT2D eigenvalue weighted by molar-refractivity contribution is -0.120. The van der Waals surface area contributed by atoms with E-state index in [0.717, 1.165) is 28.3 Å². The number of para-hydroxylation sites is 3. The maximum atomic E-state index is 12.8. The molecule has 0 saturated carbocycles. The number of fused-ring (bicyclic) bond motifs is 1. The Bertz CT molecular complexity index is 748. The molecule has 4 nitrogen and oxygen atoms in total. The Balaban J connectivity index is 1.80. The standard InChI is InChI=1S/C20H24N2O2/c1-14-8-7-9-15(2)19(14)24-12-18(23)22-13-20(3,4)21-16-10-5-6-11-17(16)22/h5-11,21H,12-13H2,1-4H3. The normalized spacial score (nSPS) is 15.4. The summed E-state index contributed by atoms with van der Waals surface area (Å²) in [6.45, 7) is 8.83. The molecule has 3 rings (SSSR count). The van der Waals surface area contributed by atoms with E-state index in [9.17, 15) is 4.79 Å². The van der Waals surface area contributed by atoms with Crippen molar-refractivity contribution in [1.82, 2.24) is 0 Å². The molecule has 0 bridgehead atoms. The van der Waals surface area contributed by atoms with E-state index in [-0.39, 0.29) is 18.1 Å². The number of amides is 1. The Morgan fingerprint density at radius 3 is 2.50 bits per heavy atom. The molecule has 0 fully saturated rings. The largest absolute Gasteiger partial charge is 0.483 e. The molecular formula is C20H24N2O2. The zero-order chi connectivity index (χ0) is 17.3. The molecule has 0 radical (unpaired) electrons. The molecule has 0 spiro atoms. The van der Waals surface area contributed by atoms with E-state index >= 15 is 0 Å². The molecule has 0 aliphatic carbocycles. The van der Waals surface area contributed by atoms with Crippen molar-refractivity contribution in [2.24, 2.45) is 0 Å². The lowest BCUT2D eigenvalue weighted by Gasteiger charge is -2.40. The summed E-state index contributed by atoms with van der Waals surface area (Å²) >= 11 is 0. The number of nitrogens with zero attached hydrogens (tertiary/aromatic N) is 1. The Labute approximate surface area is 143 Å². The van der Waals surface area contributed by atoms with Gasteiger partial charge in [0.2, 0.25) is 0 Å². The minimum Gasteiger partial charge on any atom is -0.483 e. The van der Waals surface area contributed by atoms with E-state index in [1.165, 1.54) is 0 Å². The van der Waals surface area contributed by atoms with Crippen LogP contribution in [0.2, 0.25) is 0 Å². The van der Waals surface area contributed by atoms with Gasteiger partial charge in [0, 0.05) is 12.1 Å². The number of hydrogen-bond donors (Lipinski definition) is 1. The van der Waals surface area contributed by atoms with Crippen molar-refractivity contribution in [2.75, 3.05) is 23.4 Å². The quantitative estimate of drug-likeness (QED) is 0.930. The van der Waals surface area contributed by atoms with Crippen LogP contribution in [0.5, 0.6) is 5.75 Å². The second-order valence-electron chi connectivity index (χ2n) is 7.02. The summed E-state index contributed by atoms with van der Waals surface area (Å²) in [6, 6.07) is 13.9. The van der Waals surface area contributed by atoms with E-state index in [1.807, 2.05) is 61.2 Å². The molecular weight excluding hydrogens is 300 g/mol. The van der Waals surface area contributed by atoms with Gasteiger partial charge in [0.25, 0.3) is 5.91 Å². The SMILES string of the molecule is Cc1cccc(C)c1OCC(=O)N1CC(C)(C)Nc2ccccc21. The van der Waals surface area contributed by atoms with E-state index in [4.69, 9.17) is 4.74 Å². The second kappa shape index (κ2) is 6.19. The molecule has 1 heterocycles. The molecule has 0 saturated heterocycles. The van der Waals surface area contributed by atoms with E-state index < -0.39 is 0 Å². The number of aryl methyl sites for hydroxylation is 2. The number of carbonyl (C=O) groups is 1. The predicted octanol–water partition coefficient (Wildman–Crippen LogP) is 3.92. The maximum absolute atomic E-state index is 12.8. The van der Waals surface area contributed by atoms with Crippen LogP contribution in [-0.2, 0) is 4.79 Å². The second-order valence-corrected chi connectivity index (χ2v) is 7.02. The average molecular weight is 324 g/mol. The van der Waals surface area contributed by atoms with Gasteiger partial charge in [0.05, 0.1) is 11.4 Å². The van der Waals surface area contributed by atoms with E-state index in [1.54, 1.807) is 0 Å². The lowest BCUT2D eigenvalue weighted by Crippen LogP contribution is -2.51. The fourth-order valence-corrected chi connectivity index (χ4v) is 3.16. The van der Waals surface area contributed by atoms with E-state index in [0.29, 0.717) is 6.54 Å². The van der Waals surface area contributed by atoms with Gasteiger partial charge in [0.1, 0.15) is 5.75 Å². The lowest BCUT2D eigenvalue weighted by atomic mass is 9.99. The van der Waals surface area contributed by atoms with Crippen molar-refractivity contribution >= 4 is 17.3 Å². The van der Waals surface area contributed by atoms with Gasteiger partial charge >= 0.3 is 0 Å². The maximum Gasteiger partial charge on any atom is 0.265 e. The Morgan fingerprint density at radius 2 is 1.79 bits per heavy atom. The van der Waals surface area contributed by atoms with Crippen LogP contribution in [-0.4, -0.2) is 24.6 Å². The number of rotatable bonds is 3. The summed E-state index contributed by atoms with van der Waals surface area (Å²) < 4.78 is 5.85. The van der Waals surface area contributed by atoms with Crippen molar-refractivity contribution in [2.45, 2.75) is 33.2 Å². The summed E-state index contributed by atoms with van der Waals surface area (Å²) in [5.74, 6) is 0.771. The Morgan fingerprint density at radius 1 is 1.12 bits per heavy atom. The fraction of sp³-hybridized carbons (Fsp3) is 0.350. The predicted molar refractivity (Wildman–Crippen MR) is 97.9 cm³/mol. The zero-order valence-electron chi connectivity index (χ0n) is 14.7. The number of nitrogens with one attached hydrogen (secondary N) is 1. The van der Waals surface area contributed by atoms with Crippen LogP contribution >= 0.6 is 0 Å². The average Bonchev–Trinajstić information content (AvgIpc) is 2.52. The zero-order valence-corrected chi connectivity index (χ0v) is 14.7. The molecule has 2 aromatic rings. The van der Waals surface area contributed by atoms with Crippen LogP contribution < -0.4 is 15.0 Å². The minimum absolute atomic E-state index is 0.0281. The van der Waals surface area contributed by atoms with Crippen molar-refractivity contribution in [1.29, 1.82) is 0 Å². The molecule has 1 aliphatic rings. The topological polar surface area (TPSA) is 41.6 Å². The molecule has 126 valence electrons. The first-order chi connectivity index (χ1) is 11.4. The highest BCUT2D eigenvalue weighted by molar-refractivity contribution is 5.99. The molecule has 4 heteroatoms. The summed E-state index contributed by atoms with van der Waals surface area (Å²) in [6.07, 6.45) is 0. The molecule has 1 aliphatic heterocycles. The highest BCUT2D eigenvalue weighted by Crippen LogP contribution is 2.34. The molecule has 24 heavy (non-hydrogen) atoms. The van der Waals surface area contributed by atoms with Crippen LogP contribution in [0, 0.1) is 13.8 Å². The van der Waals surface area contributed by atoms with E-state index in [2.05, 4.69) is 19.2 Å². The third-order valence-corrected chi connectivity index (χ3v) is 4.27. The first kappa shape index (κ1) is 16.4. The first-order valence-corrected chi connectivity index (χ1v) is 8.24. The molecule has 1 N–H and O–H groups in total. The number of benzene rings is 2. The van der Waals surface area contributed by atoms with Crippen molar-refractivity contribution in [3.8, 4) is 5.75 Å². The fourth-order valence-electron chi connectivity index (χ4n) is 3.16. The molecule has 0 unspecified atom stereocenters. The van der Waals surface area contributed by atoms with Gasteiger partial charge in [-0.2, -0.15) is 0 Å². The summed E-state index contributed by atoms with van der Waals surface area (Å²) in [4.78, 5) is 14.6. The highest BCUT2D eigenvalue weighted by atomic mass is 16.5. The highest BCUT2D eigenvalue weighted by Gasteiger charge is 2.32. The Kier molecular flexibility index (Phi) is 4.22. The van der Waals surface area contributed by atoms with Gasteiger partial charge in [0.15, 0.2) is 6.61 Å². The Hall–Kier alpha value is -2.49. The smallest absolute Gasteiger partial charge is 0.265 e. The summed E-state index contributed by atoms with van der Waals surface area (Å²) in [5.41, 5.74) is 3.80. The molecule has 0 aromatic heterocycles. The van der Waals surface area contributed by atoms with Gasteiger partial charge < -0.3 is 15.0 Å². The first-order valence-electron chi connectivity index (χ1n) is 8.24. The van der Waals surface area contributed by atoms with Gasteiger partial charge in [-0.05, 0) is 51.0 Å². The van der Waals surface area contributed by atoms with Crippen LogP contribution in [0.4, 0.5) is 11.4 Å². The van der Waals surface area contributed by atoms with Crippen LogP contribution in [0.1, 0.15) is 25.0 Å². The van der Waals surface area contributed by atoms with Crippen LogP contribution in [0.25, 0.3) is 0 Å². The molecule has 0 atom stereocenters. The van der Waals surface area contributed by atoms with Crippen molar-refractivity contribution in [3.63, 3.8) is 0 Å². The number of carbonyl (C=O) groups excluding carboxylic acids is 1. The van der Waals surface area contributed by atoms with Crippen molar-refractivity contribution < 1.29 is 9.53 Å². The van der Waals surface area contributed by atoms with Gasteiger partial charge in [-0.25, -0.2) is 0 Å². The number of anilines is 2.